The van der Waals surface area contributed by atoms with Gasteiger partial charge in [0.05, 0.1) is 5.92 Å². The molecule has 0 spiro atoms. The van der Waals surface area contributed by atoms with Gasteiger partial charge < -0.3 is 10.4 Å². The summed E-state index contributed by atoms with van der Waals surface area (Å²) >= 11 is 0. The van der Waals surface area contributed by atoms with Crippen molar-refractivity contribution >= 4 is 11.9 Å². The Bertz CT molecular complexity index is 526. The lowest BCUT2D eigenvalue weighted by molar-refractivity contribution is -0.141. The van der Waals surface area contributed by atoms with E-state index < -0.39 is 36.4 Å². The molecule has 0 aliphatic carbocycles. The number of aliphatic carboxylic acids is 1. The fourth-order valence-electron chi connectivity index (χ4n) is 1.74. The van der Waals surface area contributed by atoms with Crippen LogP contribution in [0.15, 0.2) is 24.3 Å². The fourth-order valence-corrected chi connectivity index (χ4v) is 1.74. The van der Waals surface area contributed by atoms with Crippen molar-refractivity contribution in [3.63, 3.8) is 0 Å². The van der Waals surface area contributed by atoms with Crippen LogP contribution in [0.4, 0.5) is 13.2 Å². The van der Waals surface area contributed by atoms with Crippen molar-refractivity contribution in [3.8, 4) is 0 Å². The molecule has 7 heteroatoms. The third-order valence-electron chi connectivity index (χ3n) is 3.41. The number of benzene rings is 1. The maximum absolute atomic E-state index is 12.1. The van der Waals surface area contributed by atoms with Gasteiger partial charge in [-0.25, -0.2) is 0 Å². The summed E-state index contributed by atoms with van der Waals surface area (Å²) in [6.45, 7) is 3.06. The van der Waals surface area contributed by atoms with E-state index in [1.165, 1.54) is 31.2 Å². The smallest absolute Gasteiger partial charge is 0.389 e. The van der Waals surface area contributed by atoms with Crippen LogP contribution in [0, 0.1) is 5.92 Å². The average Bonchev–Trinajstić information content (AvgIpc) is 2.43. The molecule has 0 aliphatic heterocycles. The van der Waals surface area contributed by atoms with Gasteiger partial charge in [-0.15, -0.1) is 0 Å². The number of aryl methyl sites for hydroxylation is 1. The van der Waals surface area contributed by atoms with Gasteiger partial charge in [0.1, 0.15) is 0 Å². The number of alkyl halides is 3. The van der Waals surface area contributed by atoms with E-state index in [4.69, 9.17) is 5.11 Å². The maximum atomic E-state index is 12.1. The monoisotopic (exact) mass is 317 g/mol. The van der Waals surface area contributed by atoms with Crippen LogP contribution < -0.4 is 5.32 Å². The van der Waals surface area contributed by atoms with Crippen LogP contribution in [0.3, 0.4) is 0 Å². The maximum Gasteiger partial charge on any atom is 0.389 e. The number of hydrogen-bond donors (Lipinski definition) is 2. The lowest BCUT2D eigenvalue weighted by Gasteiger charge is -2.17. The van der Waals surface area contributed by atoms with Crippen molar-refractivity contribution in [2.75, 3.05) is 0 Å². The highest BCUT2D eigenvalue weighted by Crippen LogP contribution is 2.22. The highest BCUT2D eigenvalue weighted by molar-refractivity contribution is 5.94. The van der Waals surface area contributed by atoms with E-state index in [0.29, 0.717) is 5.56 Å². The quantitative estimate of drug-likeness (QED) is 0.847. The van der Waals surface area contributed by atoms with Crippen molar-refractivity contribution in [3.05, 3.63) is 35.4 Å². The second-order valence-electron chi connectivity index (χ2n) is 5.20. The highest BCUT2D eigenvalue weighted by atomic mass is 19.4. The molecule has 1 aromatic carbocycles. The van der Waals surface area contributed by atoms with Crippen LogP contribution in [0.1, 0.15) is 36.2 Å². The minimum absolute atomic E-state index is 0.141. The van der Waals surface area contributed by atoms with Crippen molar-refractivity contribution < 1.29 is 27.9 Å². The Labute approximate surface area is 126 Å². The van der Waals surface area contributed by atoms with Gasteiger partial charge in [-0.3, -0.25) is 9.59 Å². The third kappa shape index (κ3) is 5.75. The van der Waals surface area contributed by atoms with Gasteiger partial charge in [0.2, 0.25) is 0 Å². The molecule has 1 aromatic rings. The summed E-state index contributed by atoms with van der Waals surface area (Å²) < 4.78 is 36.4. The first kappa shape index (κ1) is 18.0. The van der Waals surface area contributed by atoms with Crippen LogP contribution in [0.5, 0.6) is 0 Å². The van der Waals surface area contributed by atoms with E-state index >= 15 is 0 Å². The van der Waals surface area contributed by atoms with E-state index in [2.05, 4.69) is 5.32 Å². The number of carbonyl (C=O) groups is 2. The molecule has 22 heavy (non-hydrogen) atoms. The Kier molecular flexibility index (Phi) is 5.96. The SMILES string of the molecule is CC(NC(=O)c1ccc(CCC(F)(F)F)cc1)C(C)C(=O)O. The van der Waals surface area contributed by atoms with Gasteiger partial charge in [-0.2, -0.15) is 13.2 Å². The number of carboxylic acid groups (broad SMARTS) is 1. The van der Waals surface area contributed by atoms with Gasteiger partial charge in [0.25, 0.3) is 5.91 Å². The molecule has 1 amide bonds. The molecule has 0 aromatic heterocycles. The number of halogens is 3. The molecule has 0 saturated carbocycles. The minimum Gasteiger partial charge on any atom is -0.481 e. The third-order valence-corrected chi connectivity index (χ3v) is 3.41. The molecule has 0 aliphatic rings. The first-order chi connectivity index (χ1) is 10.1. The molecule has 0 bridgehead atoms. The van der Waals surface area contributed by atoms with E-state index in [1.807, 2.05) is 0 Å². The summed E-state index contributed by atoms with van der Waals surface area (Å²) in [6, 6.07) is 5.23. The number of carboxylic acids is 1. The molecule has 4 nitrogen and oxygen atoms in total. The summed E-state index contributed by atoms with van der Waals surface area (Å²) in [6.07, 6.45) is -5.26. The number of amides is 1. The summed E-state index contributed by atoms with van der Waals surface area (Å²) in [4.78, 5) is 22.7. The summed E-state index contributed by atoms with van der Waals surface area (Å²) in [7, 11) is 0. The number of rotatable bonds is 6. The fraction of sp³-hybridized carbons (Fsp3) is 0.467. The highest BCUT2D eigenvalue weighted by Gasteiger charge is 2.26. The molecular formula is C15H18F3NO3. The zero-order valence-corrected chi connectivity index (χ0v) is 12.3. The molecule has 0 radical (unpaired) electrons. The predicted molar refractivity (Wildman–Crippen MR) is 74.5 cm³/mol. The second-order valence-corrected chi connectivity index (χ2v) is 5.20. The molecular weight excluding hydrogens is 299 g/mol. The molecule has 2 N–H and O–H groups in total. The van der Waals surface area contributed by atoms with Crippen LogP contribution in [-0.2, 0) is 11.2 Å². The first-order valence-corrected chi connectivity index (χ1v) is 6.79. The lowest BCUT2D eigenvalue weighted by Crippen LogP contribution is -2.40. The standard InChI is InChI=1S/C15H18F3NO3/c1-9(14(21)22)10(2)19-13(20)12-5-3-11(4-6-12)7-8-15(16,17)18/h3-6,9-10H,7-8H2,1-2H3,(H,19,20)(H,21,22). The van der Waals surface area contributed by atoms with Crippen LogP contribution >= 0.6 is 0 Å². The summed E-state index contributed by atoms with van der Waals surface area (Å²) in [5, 5.41) is 11.4. The van der Waals surface area contributed by atoms with Gasteiger partial charge in [-0.1, -0.05) is 12.1 Å². The molecule has 0 heterocycles. The Morgan fingerprint density at radius 3 is 2.18 bits per heavy atom. The molecule has 122 valence electrons. The molecule has 2 unspecified atom stereocenters. The Balaban J connectivity index is 2.62. The molecule has 0 saturated heterocycles. The normalized spacial score (nSPS) is 14.2. The topological polar surface area (TPSA) is 66.4 Å². The average molecular weight is 317 g/mol. The van der Waals surface area contributed by atoms with Gasteiger partial charge >= 0.3 is 12.1 Å². The summed E-state index contributed by atoms with van der Waals surface area (Å²) in [5.74, 6) is -2.21. The number of carbonyl (C=O) groups excluding carboxylic acids is 1. The van der Waals surface area contributed by atoms with E-state index in [-0.39, 0.29) is 12.0 Å². The summed E-state index contributed by atoms with van der Waals surface area (Å²) in [5.41, 5.74) is 0.765. The first-order valence-electron chi connectivity index (χ1n) is 6.79. The number of hydrogen-bond acceptors (Lipinski definition) is 2. The van der Waals surface area contributed by atoms with Gasteiger partial charge in [0.15, 0.2) is 0 Å². The lowest BCUT2D eigenvalue weighted by atomic mass is 10.0. The predicted octanol–water partition coefficient (Wildman–Crippen LogP) is 3.02. The molecule has 0 fully saturated rings. The van der Waals surface area contributed by atoms with E-state index in [9.17, 15) is 22.8 Å². The zero-order valence-electron chi connectivity index (χ0n) is 12.3. The molecule has 2 atom stereocenters. The van der Waals surface area contributed by atoms with E-state index in [1.54, 1.807) is 6.92 Å². The molecule has 1 rings (SSSR count). The van der Waals surface area contributed by atoms with Crippen molar-refractivity contribution in [1.29, 1.82) is 0 Å². The van der Waals surface area contributed by atoms with Crippen LogP contribution in [-0.4, -0.2) is 29.2 Å². The Morgan fingerprint density at radius 1 is 1.18 bits per heavy atom. The minimum atomic E-state index is -4.21. The van der Waals surface area contributed by atoms with Crippen LogP contribution in [0.25, 0.3) is 0 Å². The van der Waals surface area contributed by atoms with Crippen molar-refractivity contribution in [1.82, 2.24) is 5.32 Å². The Hall–Kier alpha value is -2.05. The van der Waals surface area contributed by atoms with Gasteiger partial charge in [0, 0.05) is 18.0 Å². The van der Waals surface area contributed by atoms with E-state index in [0.717, 1.165) is 0 Å². The van der Waals surface area contributed by atoms with Gasteiger partial charge in [-0.05, 0) is 38.0 Å². The Morgan fingerprint density at radius 2 is 1.73 bits per heavy atom. The second kappa shape index (κ2) is 7.29. The largest absolute Gasteiger partial charge is 0.481 e. The van der Waals surface area contributed by atoms with Crippen molar-refractivity contribution in [2.45, 2.75) is 38.9 Å². The zero-order chi connectivity index (χ0) is 16.9. The van der Waals surface area contributed by atoms with Crippen molar-refractivity contribution in [2.24, 2.45) is 5.92 Å². The van der Waals surface area contributed by atoms with Crippen LogP contribution in [0.2, 0.25) is 0 Å². The number of nitrogens with one attached hydrogen (secondary N) is 1.